The highest BCUT2D eigenvalue weighted by atomic mass is 35.5. The van der Waals surface area contributed by atoms with Crippen molar-refractivity contribution in [1.29, 1.82) is 0 Å². The Morgan fingerprint density at radius 3 is 2.66 bits per heavy atom. The van der Waals surface area contributed by atoms with E-state index in [-0.39, 0.29) is 40.8 Å². The van der Waals surface area contributed by atoms with Crippen molar-refractivity contribution in [2.24, 2.45) is 0 Å². The number of pyridine rings is 1. The molecule has 0 radical (unpaired) electrons. The molecule has 10 heteroatoms. The number of para-hydroxylation sites is 1. The molecule has 1 aromatic carbocycles. The van der Waals surface area contributed by atoms with Gasteiger partial charge in [-0.3, -0.25) is 0 Å². The number of nitrogens with zero attached hydrogens (tertiary/aromatic N) is 3. The van der Waals surface area contributed by atoms with Crippen LogP contribution in [0.25, 0.3) is 16.6 Å². The van der Waals surface area contributed by atoms with Crippen molar-refractivity contribution in [2.75, 3.05) is 11.9 Å². The van der Waals surface area contributed by atoms with Gasteiger partial charge < -0.3 is 14.8 Å². The van der Waals surface area contributed by atoms with E-state index in [4.69, 9.17) is 21.1 Å². The topological polar surface area (TPSA) is 69.2 Å². The maximum atomic E-state index is 13.7. The van der Waals surface area contributed by atoms with Gasteiger partial charge in [-0.15, -0.1) is 0 Å². The van der Waals surface area contributed by atoms with Crippen LogP contribution in [0.5, 0.6) is 11.8 Å². The number of ether oxygens (including phenoxy) is 2. The van der Waals surface area contributed by atoms with Crippen LogP contribution in [-0.4, -0.2) is 21.6 Å². The monoisotopic (exact) mass is 420 g/mol. The van der Waals surface area contributed by atoms with Crippen molar-refractivity contribution >= 4 is 34.0 Å². The number of hydrogen-bond acceptors (Lipinski definition) is 6. The summed E-state index contributed by atoms with van der Waals surface area (Å²) in [6.07, 6.45) is -3.66. The van der Waals surface area contributed by atoms with Crippen molar-refractivity contribution in [3.8, 4) is 11.8 Å². The molecule has 0 aliphatic carbocycles. The van der Waals surface area contributed by atoms with E-state index in [9.17, 15) is 13.2 Å². The van der Waals surface area contributed by atoms with Crippen LogP contribution in [0.3, 0.4) is 0 Å². The Morgan fingerprint density at radius 2 is 1.90 bits per heavy atom. The second-order valence-electron chi connectivity index (χ2n) is 6.07. The number of rotatable bonds is 0. The van der Waals surface area contributed by atoms with Gasteiger partial charge in [-0.05, 0) is 12.1 Å². The zero-order valence-corrected chi connectivity index (χ0v) is 15.4. The second-order valence-corrected chi connectivity index (χ2v) is 6.42. The average molecular weight is 421 g/mol. The number of alkyl halides is 3. The van der Waals surface area contributed by atoms with Crippen molar-refractivity contribution in [2.45, 2.75) is 6.18 Å². The number of halogens is 4. The number of benzene rings is 1. The molecule has 1 N–H and O–H groups in total. The Bertz CT molecular complexity index is 1160. The number of fused-ring (bicyclic) bond motifs is 5. The summed E-state index contributed by atoms with van der Waals surface area (Å²) >= 11 is 5.77. The third kappa shape index (κ3) is 3.56. The highest BCUT2D eigenvalue weighted by Crippen LogP contribution is 2.42. The lowest BCUT2D eigenvalue weighted by molar-refractivity contribution is -0.136. The first kappa shape index (κ1) is 19.0. The van der Waals surface area contributed by atoms with Gasteiger partial charge in [-0.1, -0.05) is 36.9 Å². The molecule has 4 rings (SSSR count). The Kier molecular flexibility index (Phi) is 4.54. The van der Waals surface area contributed by atoms with E-state index in [0.29, 0.717) is 11.3 Å². The van der Waals surface area contributed by atoms with Gasteiger partial charge in [0.25, 0.3) is 0 Å². The second kappa shape index (κ2) is 6.93. The third-order valence-corrected chi connectivity index (χ3v) is 4.34. The molecule has 1 aliphatic rings. The first-order valence-corrected chi connectivity index (χ1v) is 8.59. The van der Waals surface area contributed by atoms with Crippen molar-refractivity contribution in [3.63, 3.8) is 0 Å². The number of nitrogens with one attached hydrogen (secondary N) is 1. The fourth-order valence-corrected chi connectivity index (χ4v) is 3.09. The van der Waals surface area contributed by atoms with Crippen molar-refractivity contribution < 1.29 is 22.6 Å². The number of aromatic nitrogens is 3. The molecule has 1 aliphatic heterocycles. The van der Waals surface area contributed by atoms with Gasteiger partial charge in [0.1, 0.15) is 34.6 Å². The largest absolute Gasteiger partial charge is 0.458 e. The lowest BCUT2D eigenvalue weighted by Crippen LogP contribution is -2.12. The minimum Gasteiger partial charge on any atom is -0.458 e. The highest BCUT2D eigenvalue weighted by Gasteiger charge is 2.38. The van der Waals surface area contributed by atoms with Gasteiger partial charge in [0.2, 0.25) is 0 Å². The summed E-state index contributed by atoms with van der Waals surface area (Å²) in [5.74, 6) is 0.484. The summed E-state index contributed by atoms with van der Waals surface area (Å²) in [7, 11) is 0. The third-order valence-electron chi connectivity index (χ3n) is 4.05. The van der Waals surface area contributed by atoms with Crippen LogP contribution in [0.1, 0.15) is 11.1 Å². The number of anilines is 1. The van der Waals surface area contributed by atoms with Crippen LogP contribution in [0.2, 0.25) is 5.15 Å². The van der Waals surface area contributed by atoms with E-state index >= 15 is 0 Å². The van der Waals surface area contributed by atoms with E-state index in [2.05, 4.69) is 33.4 Å². The smallest absolute Gasteiger partial charge is 0.420 e. The molecule has 148 valence electrons. The fraction of sp³-hybridized carbons (Fsp3) is 0.105. The normalized spacial score (nSPS) is 14.3. The SMILES string of the molecule is C=C1COc2nc(c3c(C(F)(F)F)c(Cl)ncc3n2)NC(=C)c2ccccc2O1. The van der Waals surface area contributed by atoms with E-state index in [1.54, 1.807) is 24.3 Å². The molecule has 3 aromatic rings. The average Bonchev–Trinajstić information content (AvgIpc) is 2.67. The molecule has 2 aromatic heterocycles. The molecular weight excluding hydrogens is 409 g/mol. The summed E-state index contributed by atoms with van der Waals surface area (Å²) < 4.78 is 52.2. The Hall–Kier alpha value is -3.33. The molecule has 0 fully saturated rings. The predicted octanol–water partition coefficient (Wildman–Crippen LogP) is 5.06. The van der Waals surface area contributed by atoms with Gasteiger partial charge in [0, 0.05) is 11.3 Å². The van der Waals surface area contributed by atoms with Gasteiger partial charge in [-0.2, -0.15) is 23.1 Å². The Morgan fingerprint density at radius 1 is 1.14 bits per heavy atom. The van der Waals surface area contributed by atoms with E-state index in [1.165, 1.54) is 0 Å². The van der Waals surface area contributed by atoms with E-state index in [0.717, 1.165) is 6.20 Å². The summed E-state index contributed by atoms with van der Waals surface area (Å²) in [6.45, 7) is 7.57. The first-order valence-electron chi connectivity index (χ1n) is 8.21. The molecule has 0 spiro atoms. The zero-order valence-electron chi connectivity index (χ0n) is 14.7. The van der Waals surface area contributed by atoms with Crippen molar-refractivity contribution in [1.82, 2.24) is 15.0 Å². The highest BCUT2D eigenvalue weighted by molar-refractivity contribution is 6.31. The van der Waals surface area contributed by atoms with Gasteiger partial charge in [0.05, 0.1) is 17.1 Å². The minimum absolute atomic E-state index is 0.0962. The maximum absolute atomic E-state index is 13.7. The quantitative estimate of drug-likeness (QED) is 0.512. The maximum Gasteiger partial charge on any atom is 0.420 e. The lowest BCUT2D eigenvalue weighted by Gasteiger charge is -2.17. The molecule has 0 saturated carbocycles. The van der Waals surface area contributed by atoms with Crippen molar-refractivity contribution in [3.05, 3.63) is 65.7 Å². The van der Waals surface area contributed by atoms with Crippen LogP contribution in [0, 0.1) is 0 Å². The lowest BCUT2D eigenvalue weighted by atomic mass is 10.1. The van der Waals surface area contributed by atoms with Gasteiger partial charge >= 0.3 is 12.2 Å². The molecular formula is C19H12ClF3N4O2. The standard InChI is InChI=1S/C19H12ClF3N4O2/c1-9-8-28-18-26-12-7-24-16(20)15(19(21,22)23)14(12)17(27-18)25-10(2)11-5-3-4-6-13(11)29-9/h3-7H,1-2,8H2,(H,25,26,27). The Balaban J connectivity index is 1.98. The summed E-state index contributed by atoms with van der Waals surface area (Å²) in [6, 6.07) is 6.66. The number of hydrogen-bond donors (Lipinski definition) is 1. The van der Waals surface area contributed by atoms with Crippen LogP contribution >= 0.6 is 11.6 Å². The molecule has 0 unspecified atom stereocenters. The summed E-state index contributed by atoms with van der Waals surface area (Å²) in [4.78, 5) is 11.7. The molecule has 3 heterocycles. The van der Waals surface area contributed by atoms with Crippen LogP contribution in [0.4, 0.5) is 19.0 Å². The van der Waals surface area contributed by atoms with Crippen LogP contribution < -0.4 is 14.8 Å². The van der Waals surface area contributed by atoms with Crippen LogP contribution in [0.15, 0.2) is 49.4 Å². The van der Waals surface area contributed by atoms with Gasteiger partial charge in [0.15, 0.2) is 0 Å². The molecule has 6 nitrogen and oxygen atoms in total. The molecule has 0 saturated heterocycles. The molecule has 0 amide bonds. The zero-order chi connectivity index (χ0) is 20.8. The first-order chi connectivity index (χ1) is 13.7. The predicted molar refractivity (Wildman–Crippen MR) is 102 cm³/mol. The van der Waals surface area contributed by atoms with Gasteiger partial charge in [-0.25, -0.2) is 4.98 Å². The van der Waals surface area contributed by atoms with E-state index in [1.807, 2.05) is 0 Å². The van der Waals surface area contributed by atoms with E-state index < -0.39 is 16.9 Å². The summed E-state index contributed by atoms with van der Waals surface area (Å²) in [5.41, 5.74) is -0.483. The minimum atomic E-state index is -4.78. The summed E-state index contributed by atoms with van der Waals surface area (Å²) in [5, 5.41) is 1.76. The van der Waals surface area contributed by atoms with Crippen LogP contribution in [-0.2, 0) is 6.18 Å². The molecule has 0 atom stereocenters. The fourth-order valence-electron chi connectivity index (χ4n) is 2.84. The molecule has 2 bridgehead atoms. The Labute approximate surface area is 167 Å². The molecule has 29 heavy (non-hydrogen) atoms.